The zero-order valence-corrected chi connectivity index (χ0v) is 11.2. The van der Waals surface area contributed by atoms with Gasteiger partial charge in [0.25, 0.3) is 0 Å². The third kappa shape index (κ3) is 2.74. The number of nitrogens with zero attached hydrogens (tertiary/aromatic N) is 1. The molecule has 0 aliphatic carbocycles. The first-order chi connectivity index (χ1) is 10.1. The number of fused-ring (bicyclic) bond motifs is 1. The summed E-state index contributed by atoms with van der Waals surface area (Å²) in [7, 11) is 0. The minimum Gasteiger partial charge on any atom is -0.441 e. The Morgan fingerprint density at radius 3 is 2.95 bits per heavy atom. The lowest BCUT2D eigenvalue weighted by Gasteiger charge is -2.08. The molecule has 110 valence electrons. The van der Waals surface area contributed by atoms with E-state index in [1.165, 1.54) is 6.07 Å². The summed E-state index contributed by atoms with van der Waals surface area (Å²) in [6, 6.07) is 5.15. The molecule has 0 saturated heterocycles. The van der Waals surface area contributed by atoms with Gasteiger partial charge in [0.15, 0.2) is 18.4 Å². The van der Waals surface area contributed by atoms with Crippen LogP contribution < -0.4 is 5.32 Å². The molecule has 0 saturated carbocycles. The number of aryl methyl sites for hydroxylation is 1. The van der Waals surface area contributed by atoms with Crippen molar-refractivity contribution >= 4 is 11.7 Å². The molecule has 1 N–H and O–H groups in total. The Labute approximate surface area is 120 Å². The van der Waals surface area contributed by atoms with Crippen LogP contribution in [-0.2, 0) is 17.7 Å². The van der Waals surface area contributed by atoms with E-state index in [1.807, 2.05) is 10.8 Å². The molecule has 0 bridgehead atoms. The highest BCUT2D eigenvalue weighted by molar-refractivity contribution is 5.91. The number of hydrogen-bond donors (Lipinski definition) is 1. The largest absolute Gasteiger partial charge is 0.441 e. The van der Waals surface area contributed by atoms with Crippen molar-refractivity contribution in [2.45, 2.75) is 19.4 Å². The summed E-state index contributed by atoms with van der Waals surface area (Å²) in [5.74, 6) is -2.28. The third-order valence-electron chi connectivity index (χ3n) is 3.51. The molecule has 0 atom stereocenters. The van der Waals surface area contributed by atoms with E-state index in [1.54, 1.807) is 6.07 Å². The highest BCUT2D eigenvalue weighted by Crippen LogP contribution is 2.21. The number of anilines is 1. The second kappa shape index (κ2) is 5.55. The fourth-order valence-corrected chi connectivity index (χ4v) is 2.46. The number of nitrogens with one attached hydrogen (secondary N) is 1. The predicted molar refractivity (Wildman–Crippen MR) is 73.0 cm³/mol. The van der Waals surface area contributed by atoms with Gasteiger partial charge >= 0.3 is 5.97 Å². The molecule has 2 aromatic rings. The fraction of sp³-hybridized carbons (Fsp3) is 0.267. The number of carbonyl (C=O) groups is 1. The van der Waals surface area contributed by atoms with Gasteiger partial charge in [0.1, 0.15) is 0 Å². The van der Waals surface area contributed by atoms with Crippen LogP contribution in [-0.4, -0.2) is 17.3 Å². The summed E-state index contributed by atoms with van der Waals surface area (Å²) in [4.78, 5) is 12.0. The summed E-state index contributed by atoms with van der Waals surface area (Å²) >= 11 is 0. The first-order valence-electron chi connectivity index (χ1n) is 6.69. The van der Waals surface area contributed by atoms with Crippen LogP contribution in [0.25, 0.3) is 0 Å². The molecule has 0 radical (unpaired) electrons. The van der Waals surface area contributed by atoms with Crippen LogP contribution in [0.3, 0.4) is 0 Å². The maximum absolute atomic E-state index is 13.0. The topological polar surface area (TPSA) is 43.3 Å². The van der Waals surface area contributed by atoms with Gasteiger partial charge in [-0.2, -0.15) is 0 Å². The smallest absolute Gasteiger partial charge is 0.341 e. The number of halogens is 2. The van der Waals surface area contributed by atoms with Crippen molar-refractivity contribution in [2.24, 2.45) is 0 Å². The van der Waals surface area contributed by atoms with Gasteiger partial charge < -0.3 is 14.6 Å². The predicted octanol–water partition coefficient (Wildman–Crippen LogP) is 2.94. The van der Waals surface area contributed by atoms with Crippen LogP contribution in [0.1, 0.15) is 22.5 Å². The second-order valence-corrected chi connectivity index (χ2v) is 4.85. The normalized spacial score (nSPS) is 13.0. The molecule has 1 aliphatic rings. The lowest BCUT2D eigenvalue weighted by Crippen LogP contribution is -2.13. The van der Waals surface area contributed by atoms with Crippen molar-refractivity contribution in [3.63, 3.8) is 0 Å². The summed E-state index contributed by atoms with van der Waals surface area (Å²) in [6.45, 7) is 0.824. The van der Waals surface area contributed by atoms with E-state index in [9.17, 15) is 13.6 Å². The van der Waals surface area contributed by atoms with Gasteiger partial charge in [0.05, 0.1) is 5.56 Å². The molecule has 0 fully saturated rings. The van der Waals surface area contributed by atoms with Crippen LogP contribution in [0, 0.1) is 11.6 Å². The lowest BCUT2D eigenvalue weighted by atomic mass is 10.2. The number of ether oxygens (including phenoxy) is 1. The number of aromatic nitrogens is 1. The van der Waals surface area contributed by atoms with Crippen molar-refractivity contribution in [3.05, 3.63) is 53.4 Å². The molecular weight excluding hydrogens is 278 g/mol. The Balaban J connectivity index is 1.57. The molecule has 2 heterocycles. The molecule has 1 aliphatic heterocycles. The van der Waals surface area contributed by atoms with Gasteiger partial charge in [-0.1, -0.05) is 0 Å². The van der Waals surface area contributed by atoms with E-state index < -0.39 is 17.6 Å². The van der Waals surface area contributed by atoms with Gasteiger partial charge in [0.2, 0.25) is 0 Å². The molecule has 0 spiro atoms. The molecule has 4 nitrogen and oxygen atoms in total. The second-order valence-electron chi connectivity index (χ2n) is 4.85. The van der Waals surface area contributed by atoms with E-state index in [2.05, 4.69) is 5.32 Å². The van der Waals surface area contributed by atoms with E-state index in [0.717, 1.165) is 37.2 Å². The van der Waals surface area contributed by atoms with E-state index >= 15 is 0 Å². The summed E-state index contributed by atoms with van der Waals surface area (Å²) in [5, 5.41) is 2.72. The van der Waals surface area contributed by atoms with Crippen LogP contribution >= 0.6 is 0 Å². The van der Waals surface area contributed by atoms with E-state index in [-0.39, 0.29) is 6.73 Å². The Morgan fingerprint density at radius 2 is 2.14 bits per heavy atom. The van der Waals surface area contributed by atoms with Crippen molar-refractivity contribution in [3.8, 4) is 0 Å². The highest BCUT2D eigenvalue weighted by atomic mass is 19.2. The molecule has 3 rings (SSSR count). The average molecular weight is 292 g/mol. The van der Waals surface area contributed by atoms with E-state index in [4.69, 9.17) is 4.74 Å². The minimum absolute atomic E-state index is 0.103. The Morgan fingerprint density at radius 1 is 1.29 bits per heavy atom. The third-order valence-corrected chi connectivity index (χ3v) is 3.51. The van der Waals surface area contributed by atoms with Crippen LogP contribution in [0.4, 0.5) is 14.5 Å². The Bertz CT molecular complexity index is 682. The standard InChI is InChI=1S/C15H14F2N2O2/c16-12-4-3-10(8-13(12)17)18-9-21-15(20)11-5-7-19-6-1-2-14(11)19/h3-5,7-8,18H,1-2,6,9H2. The quantitative estimate of drug-likeness (QED) is 0.696. The monoisotopic (exact) mass is 292 g/mol. The molecule has 0 unspecified atom stereocenters. The van der Waals surface area contributed by atoms with Gasteiger partial charge in [-0.25, -0.2) is 13.6 Å². The van der Waals surface area contributed by atoms with Crippen molar-refractivity contribution in [1.29, 1.82) is 0 Å². The zero-order chi connectivity index (χ0) is 14.8. The summed E-state index contributed by atoms with van der Waals surface area (Å²) in [5.41, 5.74) is 1.91. The van der Waals surface area contributed by atoms with Gasteiger partial charge in [0, 0.05) is 30.2 Å². The minimum atomic E-state index is -0.948. The van der Waals surface area contributed by atoms with Gasteiger partial charge in [-0.05, 0) is 31.0 Å². The van der Waals surface area contributed by atoms with Crippen LogP contribution in [0.5, 0.6) is 0 Å². The Kier molecular flexibility index (Phi) is 3.60. The van der Waals surface area contributed by atoms with Crippen molar-refractivity contribution in [2.75, 3.05) is 12.0 Å². The molecule has 1 aromatic carbocycles. The van der Waals surface area contributed by atoms with Crippen molar-refractivity contribution in [1.82, 2.24) is 4.57 Å². The van der Waals surface area contributed by atoms with Gasteiger partial charge in [-0.3, -0.25) is 0 Å². The lowest BCUT2D eigenvalue weighted by molar-refractivity contribution is 0.0533. The molecule has 21 heavy (non-hydrogen) atoms. The van der Waals surface area contributed by atoms with Crippen LogP contribution in [0.2, 0.25) is 0 Å². The van der Waals surface area contributed by atoms with Crippen molar-refractivity contribution < 1.29 is 18.3 Å². The fourth-order valence-electron chi connectivity index (χ4n) is 2.46. The summed E-state index contributed by atoms with van der Waals surface area (Å²) in [6.07, 6.45) is 3.78. The number of carbonyl (C=O) groups excluding carboxylic acids is 1. The average Bonchev–Trinajstić information content (AvgIpc) is 3.05. The molecule has 0 amide bonds. The molecule has 1 aromatic heterocycles. The number of hydrogen-bond acceptors (Lipinski definition) is 3. The first-order valence-corrected chi connectivity index (χ1v) is 6.69. The molecule has 6 heteroatoms. The molecular formula is C15H14F2N2O2. The van der Waals surface area contributed by atoms with Gasteiger partial charge in [-0.15, -0.1) is 0 Å². The maximum Gasteiger partial charge on any atom is 0.341 e. The van der Waals surface area contributed by atoms with Crippen LogP contribution in [0.15, 0.2) is 30.5 Å². The zero-order valence-electron chi connectivity index (χ0n) is 11.2. The first kappa shape index (κ1) is 13.6. The SMILES string of the molecule is O=C(OCNc1ccc(F)c(F)c1)c1ccn2c1CCC2. The number of benzene rings is 1. The Hall–Kier alpha value is -2.37. The maximum atomic E-state index is 13.0. The van der Waals surface area contributed by atoms with E-state index in [0.29, 0.717) is 11.3 Å². The summed E-state index contributed by atoms with van der Waals surface area (Å²) < 4.78 is 32.9. The number of rotatable bonds is 4. The number of esters is 1. The highest BCUT2D eigenvalue weighted by Gasteiger charge is 2.20.